The maximum Gasteiger partial charge on any atom is 0.257 e. The second-order valence-electron chi connectivity index (χ2n) is 34.2. The Morgan fingerprint density at radius 1 is 0.173 bits per heavy atom. The van der Waals surface area contributed by atoms with Crippen molar-refractivity contribution in [2.24, 2.45) is 0 Å². The van der Waals surface area contributed by atoms with E-state index in [0.29, 0.717) is 0 Å². The smallest absolute Gasteiger partial charge is 0.257 e. The van der Waals surface area contributed by atoms with Crippen LogP contribution in [0.3, 0.4) is 0 Å². The molecule has 110 heavy (non-hydrogen) atoms. The molecular weight excluding hydrogens is 1330 g/mol. The zero-order valence-corrected chi connectivity index (χ0v) is 62.7. The summed E-state index contributed by atoms with van der Waals surface area (Å²) in [5.74, 6) is 0. The number of benzene rings is 15. The normalized spacial score (nSPS) is 16.5. The predicted molar refractivity (Wildman–Crippen MR) is 461 cm³/mol. The lowest BCUT2D eigenvalue weighted by atomic mass is 9.29. The largest absolute Gasteiger partial charge is 0.311 e. The quantitative estimate of drug-likeness (QED) is 0.153. The zero-order valence-electron chi connectivity index (χ0n) is 62.7. The van der Waals surface area contributed by atoms with E-state index in [0.717, 1.165) is 34.1 Å². The summed E-state index contributed by atoms with van der Waals surface area (Å²) in [5, 5.41) is 0. The number of nitrogens with zero attached hydrogens (tertiary/aromatic N) is 6. The molecule has 0 saturated heterocycles. The van der Waals surface area contributed by atoms with Crippen molar-refractivity contribution in [2.75, 3.05) is 29.4 Å². The van der Waals surface area contributed by atoms with Crippen molar-refractivity contribution in [1.29, 1.82) is 0 Å². The second-order valence-corrected chi connectivity index (χ2v) is 34.2. The van der Waals surface area contributed by atoms with Crippen LogP contribution in [0.2, 0.25) is 0 Å². The highest BCUT2D eigenvalue weighted by atomic mass is 15.3. The maximum absolute atomic E-state index is 2.79. The van der Waals surface area contributed by atoms with Crippen molar-refractivity contribution in [3.05, 3.63) is 348 Å². The molecular formula is C102H74B2N6. The number of fused-ring (bicyclic) bond motifs is 14. The summed E-state index contributed by atoms with van der Waals surface area (Å²) in [7, 11) is 0. The molecule has 0 bridgehead atoms. The minimum absolute atomic E-state index is 0.261. The second kappa shape index (κ2) is 20.7. The van der Waals surface area contributed by atoms with Gasteiger partial charge in [0.1, 0.15) is 0 Å². The van der Waals surface area contributed by atoms with Crippen LogP contribution < -0.4 is 62.2 Å². The summed E-state index contributed by atoms with van der Waals surface area (Å²) in [6.07, 6.45) is 0. The van der Waals surface area contributed by atoms with Crippen molar-refractivity contribution < 1.29 is 0 Å². The topological polar surface area (TPSA) is 19.4 Å². The van der Waals surface area contributed by atoms with Crippen molar-refractivity contribution >= 4 is 149 Å². The van der Waals surface area contributed by atoms with Gasteiger partial charge in [0.2, 0.25) is 0 Å². The van der Waals surface area contributed by atoms with Crippen LogP contribution in [0.15, 0.2) is 303 Å². The Labute approximate surface area is 643 Å². The standard InChI is InChI=1S/C102H74B2N6/c1-99(2)73-35-19-15-31-65(73)69-51-47-61(55-77(69)99)107-85-43-23-39-81-89(85)103-90-82(105(81)59-27-11-9-12-28-59)40-25-45-87(90)109(63-49-53-71-67-33-17-21-37-75(67)101(5,6)79(71)57-63)97-93(103)95(107)96-94-98(97)110(64-50-54-72-68-34-18-22-38-76(68)102(7,8)80(72)58-64)88-46-26-42-84-92(88)104(94)91-83(106(84)60-29-13-10-14-30-60)41-24-44-86(91)108(96)62-48-52-70-66-32-16-20-36-74(66)100(3,4)78(70)56-62/h9-58H,1-8H3. The highest BCUT2D eigenvalue weighted by Crippen LogP contribution is 2.64. The predicted octanol–water partition coefficient (Wildman–Crippen LogP) is 22.6. The third kappa shape index (κ3) is 7.35. The molecule has 6 aliphatic heterocycles. The van der Waals surface area contributed by atoms with E-state index in [4.69, 9.17) is 0 Å². The lowest BCUT2D eigenvalue weighted by Gasteiger charge is -2.55. The Bertz CT molecular complexity index is 5980. The van der Waals surface area contributed by atoms with Crippen LogP contribution in [0, 0.1) is 0 Å². The molecule has 0 saturated carbocycles. The Morgan fingerprint density at radius 2 is 0.382 bits per heavy atom. The van der Waals surface area contributed by atoms with Crippen molar-refractivity contribution in [3.8, 4) is 44.5 Å². The van der Waals surface area contributed by atoms with Gasteiger partial charge in [-0.3, -0.25) is 0 Å². The monoisotopic (exact) mass is 1400 g/mol. The number of anilines is 18. The fourth-order valence-electron chi connectivity index (χ4n) is 22.8. The average molecular weight is 1410 g/mol. The summed E-state index contributed by atoms with van der Waals surface area (Å²) in [6, 6.07) is 118. The lowest BCUT2D eigenvalue weighted by Crippen LogP contribution is -2.69. The van der Waals surface area contributed by atoms with Gasteiger partial charge in [-0.05, 0) is 243 Å². The zero-order chi connectivity index (χ0) is 73.1. The van der Waals surface area contributed by atoms with Crippen LogP contribution in [0.4, 0.5) is 102 Å². The molecule has 0 fully saturated rings. The molecule has 518 valence electrons. The number of rotatable bonds is 6. The highest BCUT2D eigenvalue weighted by Gasteiger charge is 2.59. The Hall–Kier alpha value is -12.8. The van der Waals surface area contributed by atoms with E-state index in [1.807, 2.05) is 0 Å². The molecule has 6 heterocycles. The maximum atomic E-state index is 2.79. The molecule has 0 radical (unpaired) electrons. The van der Waals surface area contributed by atoms with E-state index in [-0.39, 0.29) is 35.1 Å². The van der Waals surface area contributed by atoms with Gasteiger partial charge in [0, 0.05) is 101 Å². The Morgan fingerprint density at radius 3 is 0.627 bits per heavy atom. The van der Waals surface area contributed by atoms with E-state index in [1.54, 1.807) is 0 Å². The fraction of sp³-hybridized carbons (Fsp3) is 0.118. The van der Waals surface area contributed by atoms with Crippen molar-refractivity contribution in [1.82, 2.24) is 0 Å². The first-order valence-electron chi connectivity index (χ1n) is 39.3. The van der Waals surface area contributed by atoms with Gasteiger partial charge in [0.05, 0.1) is 22.7 Å². The molecule has 0 N–H and O–H groups in total. The van der Waals surface area contributed by atoms with Crippen LogP contribution >= 0.6 is 0 Å². The van der Waals surface area contributed by atoms with Gasteiger partial charge in [-0.1, -0.05) is 237 Å². The summed E-state index contributed by atoms with van der Waals surface area (Å²) in [6.45, 7) is 19.0. The summed E-state index contributed by atoms with van der Waals surface area (Å²) < 4.78 is 0. The third-order valence-electron chi connectivity index (χ3n) is 27.6. The first kappa shape index (κ1) is 61.3. The van der Waals surface area contributed by atoms with Gasteiger partial charge in [0.15, 0.2) is 0 Å². The van der Waals surface area contributed by atoms with Crippen molar-refractivity contribution in [2.45, 2.75) is 77.0 Å². The van der Waals surface area contributed by atoms with E-state index >= 15 is 0 Å². The van der Waals surface area contributed by atoms with Crippen LogP contribution in [-0.4, -0.2) is 13.4 Å². The molecule has 0 aromatic heterocycles. The SMILES string of the molecule is CC1(C)c2ccccc2-c2ccc(N3c4cccc5c4B4c6c(cccc6N(c6ccc7c(c6)C(C)(C)c6ccccc6-7)c6c4c3c3c4c6N(c6ccc7c(c6)C(C)(C)c6ccccc6-7)c6cccc7c6B4c4c(cccc4N3c3ccc4c(c3)C(C)(C)c3ccccc3-4)N7c3ccccc3)N5c3ccccc3)cc21. The molecule has 15 aromatic rings. The molecule has 10 aliphatic rings. The van der Waals surface area contributed by atoms with Gasteiger partial charge < -0.3 is 29.4 Å². The number of hydrogen-bond donors (Lipinski definition) is 0. The Balaban J connectivity index is 0.899. The van der Waals surface area contributed by atoms with Gasteiger partial charge in [-0.2, -0.15) is 0 Å². The highest BCUT2D eigenvalue weighted by molar-refractivity contribution is 7.06. The molecule has 8 heteroatoms. The van der Waals surface area contributed by atoms with Crippen LogP contribution in [0.5, 0.6) is 0 Å². The summed E-state index contributed by atoms with van der Waals surface area (Å²) >= 11 is 0. The van der Waals surface area contributed by atoms with Gasteiger partial charge in [0.25, 0.3) is 13.4 Å². The lowest BCUT2D eigenvalue weighted by molar-refractivity contribution is 0.660. The minimum atomic E-state index is -0.301. The average Bonchev–Trinajstić information content (AvgIpc) is 1.00. The summed E-state index contributed by atoms with van der Waals surface area (Å²) in [4.78, 5) is 16.4. The van der Waals surface area contributed by atoms with E-state index in [9.17, 15) is 0 Å². The molecule has 6 nitrogen and oxygen atoms in total. The van der Waals surface area contributed by atoms with E-state index in [2.05, 4.69) is 388 Å². The minimum Gasteiger partial charge on any atom is -0.311 e. The molecule has 15 aromatic carbocycles. The van der Waals surface area contributed by atoms with E-state index in [1.165, 1.54) is 190 Å². The van der Waals surface area contributed by atoms with Gasteiger partial charge in [-0.15, -0.1) is 0 Å². The Kier molecular flexibility index (Phi) is 11.5. The number of hydrogen-bond acceptors (Lipinski definition) is 6. The first-order valence-corrected chi connectivity index (χ1v) is 39.3. The molecule has 0 spiro atoms. The van der Waals surface area contributed by atoms with Gasteiger partial charge >= 0.3 is 0 Å². The van der Waals surface area contributed by atoms with Gasteiger partial charge in [-0.25, -0.2) is 0 Å². The van der Waals surface area contributed by atoms with Crippen molar-refractivity contribution in [3.63, 3.8) is 0 Å². The van der Waals surface area contributed by atoms with E-state index < -0.39 is 0 Å². The van der Waals surface area contributed by atoms with Crippen LogP contribution in [-0.2, 0) is 21.7 Å². The molecule has 0 unspecified atom stereocenters. The number of para-hydroxylation sites is 2. The first-order chi connectivity index (χ1) is 53.7. The summed E-state index contributed by atoms with van der Waals surface area (Å²) in [5.41, 5.74) is 48.8. The van der Waals surface area contributed by atoms with Crippen LogP contribution in [0.1, 0.15) is 99.9 Å². The molecule has 0 amide bonds. The molecule has 25 rings (SSSR count). The molecule has 0 atom stereocenters. The third-order valence-corrected chi connectivity index (χ3v) is 27.6. The fourth-order valence-corrected chi connectivity index (χ4v) is 22.8. The van der Waals surface area contributed by atoms with Crippen LogP contribution in [0.25, 0.3) is 44.5 Å². The molecule has 4 aliphatic carbocycles.